The summed E-state index contributed by atoms with van der Waals surface area (Å²) in [7, 11) is 1.78. The molecule has 128 valence electrons. The number of likely N-dealkylation sites (tertiary alicyclic amines) is 1. The number of hydrogen-bond acceptors (Lipinski definition) is 3. The number of benzene rings is 1. The molecule has 1 aromatic carbocycles. The Hall–Kier alpha value is -1.06. The zero-order valence-corrected chi connectivity index (χ0v) is 15.0. The summed E-state index contributed by atoms with van der Waals surface area (Å²) in [5, 5.41) is 3.63. The zero-order chi connectivity index (χ0) is 16.3. The van der Waals surface area contributed by atoms with Gasteiger partial charge in [0.25, 0.3) is 0 Å². The Kier molecular flexibility index (Phi) is 4.98. The molecule has 1 spiro atoms. The summed E-state index contributed by atoms with van der Waals surface area (Å²) in [6.07, 6.45) is 5.46. The molecule has 3 rings (SSSR count). The number of ether oxygens (including phenoxy) is 1. The number of para-hydroxylation sites is 1. The van der Waals surface area contributed by atoms with Crippen molar-refractivity contribution in [1.82, 2.24) is 10.2 Å². The van der Waals surface area contributed by atoms with Crippen LogP contribution in [0.3, 0.4) is 0 Å². The van der Waals surface area contributed by atoms with Crippen LogP contribution in [0.4, 0.5) is 0 Å². The Balaban J connectivity index is 1.72. The molecule has 3 heteroatoms. The quantitative estimate of drug-likeness (QED) is 0.921. The van der Waals surface area contributed by atoms with E-state index >= 15 is 0 Å². The second kappa shape index (κ2) is 6.82. The predicted molar refractivity (Wildman–Crippen MR) is 96.2 cm³/mol. The van der Waals surface area contributed by atoms with E-state index in [4.69, 9.17) is 4.74 Å². The van der Waals surface area contributed by atoms with Gasteiger partial charge in [0.05, 0.1) is 7.11 Å². The van der Waals surface area contributed by atoms with Crippen molar-refractivity contribution >= 4 is 0 Å². The van der Waals surface area contributed by atoms with Crippen LogP contribution in [0.15, 0.2) is 24.3 Å². The van der Waals surface area contributed by atoms with Crippen LogP contribution in [0.5, 0.6) is 5.75 Å². The first-order chi connectivity index (χ1) is 11.0. The van der Waals surface area contributed by atoms with Crippen molar-refractivity contribution < 1.29 is 4.74 Å². The second-order valence-corrected chi connectivity index (χ2v) is 8.18. The van der Waals surface area contributed by atoms with Gasteiger partial charge in [0, 0.05) is 30.6 Å². The molecule has 0 aliphatic carbocycles. The smallest absolute Gasteiger partial charge is 0.122 e. The third-order valence-electron chi connectivity index (χ3n) is 5.76. The van der Waals surface area contributed by atoms with E-state index < -0.39 is 0 Å². The highest BCUT2D eigenvalue weighted by molar-refractivity contribution is 5.39. The zero-order valence-electron chi connectivity index (χ0n) is 15.0. The van der Waals surface area contributed by atoms with E-state index in [1.165, 1.54) is 57.4 Å². The summed E-state index contributed by atoms with van der Waals surface area (Å²) in [5.74, 6) is 1.02. The van der Waals surface area contributed by atoms with E-state index in [1.807, 2.05) is 0 Å². The molecular weight excluding hydrogens is 284 g/mol. The van der Waals surface area contributed by atoms with Crippen molar-refractivity contribution in [1.29, 1.82) is 0 Å². The van der Waals surface area contributed by atoms with Gasteiger partial charge in [-0.3, -0.25) is 0 Å². The van der Waals surface area contributed by atoms with Crippen LogP contribution in [-0.4, -0.2) is 44.7 Å². The van der Waals surface area contributed by atoms with Gasteiger partial charge in [0.1, 0.15) is 5.75 Å². The Morgan fingerprint density at radius 3 is 2.74 bits per heavy atom. The molecular formula is C20H32N2O. The Morgan fingerprint density at radius 2 is 2.00 bits per heavy atom. The largest absolute Gasteiger partial charge is 0.496 e. The van der Waals surface area contributed by atoms with Crippen LogP contribution < -0.4 is 10.1 Å². The molecule has 0 radical (unpaired) electrons. The summed E-state index contributed by atoms with van der Waals surface area (Å²) in [4.78, 5) is 2.70. The Bertz CT molecular complexity index is 515. The molecule has 1 atom stereocenters. The second-order valence-electron chi connectivity index (χ2n) is 8.18. The SMILES string of the molecule is COc1ccccc1C(C)(C)CN1CCCC2(CCCNC2)C1. The minimum atomic E-state index is 0.104. The molecule has 23 heavy (non-hydrogen) atoms. The third-order valence-corrected chi connectivity index (χ3v) is 5.76. The molecule has 2 aliphatic heterocycles. The molecule has 1 N–H and O–H groups in total. The fourth-order valence-corrected chi connectivity index (χ4v) is 4.67. The van der Waals surface area contributed by atoms with E-state index in [-0.39, 0.29) is 5.41 Å². The lowest BCUT2D eigenvalue weighted by atomic mass is 9.73. The number of methoxy groups -OCH3 is 1. The van der Waals surface area contributed by atoms with Crippen molar-refractivity contribution in [2.45, 2.75) is 44.9 Å². The lowest BCUT2D eigenvalue weighted by Gasteiger charge is -2.47. The molecule has 1 unspecified atom stereocenters. The maximum absolute atomic E-state index is 5.60. The minimum absolute atomic E-state index is 0.104. The van der Waals surface area contributed by atoms with Crippen LogP contribution in [0, 0.1) is 5.41 Å². The predicted octanol–water partition coefficient (Wildman–Crippen LogP) is 3.44. The van der Waals surface area contributed by atoms with E-state index in [0.29, 0.717) is 5.41 Å². The van der Waals surface area contributed by atoms with Gasteiger partial charge in [-0.15, -0.1) is 0 Å². The lowest BCUT2D eigenvalue weighted by molar-refractivity contribution is 0.0530. The molecule has 0 aromatic heterocycles. The van der Waals surface area contributed by atoms with Crippen LogP contribution in [0.1, 0.15) is 45.1 Å². The van der Waals surface area contributed by atoms with Crippen molar-refractivity contribution in [2.75, 3.05) is 39.8 Å². The van der Waals surface area contributed by atoms with Crippen molar-refractivity contribution in [3.8, 4) is 5.75 Å². The number of piperidine rings is 2. The summed E-state index contributed by atoms with van der Waals surface area (Å²) in [5.41, 5.74) is 1.95. The Morgan fingerprint density at radius 1 is 1.22 bits per heavy atom. The summed E-state index contributed by atoms with van der Waals surface area (Å²) >= 11 is 0. The van der Waals surface area contributed by atoms with Gasteiger partial charge in [-0.25, -0.2) is 0 Å². The first-order valence-electron chi connectivity index (χ1n) is 9.11. The standard InChI is InChI=1S/C20H32N2O/c1-19(2,17-8-4-5-9-18(17)23-3)15-22-13-7-11-20(16-22)10-6-12-21-14-20/h4-5,8-9,21H,6-7,10-16H2,1-3H3. The van der Waals surface area contributed by atoms with Crippen molar-refractivity contribution in [2.24, 2.45) is 5.41 Å². The average Bonchev–Trinajstić information content (AvgIpc) is 2.55. The summed E-state index contributed by atoms with van der Waals surface area (Å²) in [6, 6.07) is 8.49. The monoisotopic (exact) mass is 316 g/mol. The summed E-state index contributed by atoms with van der Waals surface area (Å²) < 4.78 is 5.60. The first kappa shape index (κ1) is 16.8. The highest BCUT2D eigenvalue weighted by Gasteiger charge is 2.38. The van der Waals surface area contributed by atoms with Gasteiger partial charge in [-0.05, 0) is 50.3 Å². The highest BCUT2D eigenvalue weighted by atomic mass is 16.5. The molecule has 3 nitrogen and oxygen atoms in total. The lowest BCUT2D eigenvalue weighted by Crippen LogP contribution is -2.53. The van der Waals surface area contributed by atoms with Crippen LogP contribution >= 0.6 is 0 Å². The summed E-state index contributed by atoms with van der Waals surface area (Å²) in [6.45, 7) is 10.7. The first-order valence-corrected chi connectivity index (χ1v) is 9.11. The maximum atomic E-state index is 5.60. The average molecular weight is 316 g/mol. The van der Waals surface area contributed by atoms with Gasteiger partial charge < -0.3 is 15.0 Å². The Labute approximate surface area is 141 Å². The molecule has 0 bridgehead atoms. The van der Waals surface area contributed by atoms with Gasteiger partial charge in [0.15, 0.2) is 0 Å². The fourth-order valence-electron chi connectivity index (χ4n) is 4.67. The van der Waals surface area contributed by atoms with Crippen LogP contribution in [0.25, 0.3) is 0 Å². The van der Waals surface area contributed by atoms with Crippen molar-refractivity contribution in [3.05, 3.63) is 29.8 Å². The normalized spacial score (nSPS) is 26.4. The number of rotatable bonds is 4. The number of nitrogens with zero attached hydrogens (tertiary/aromatic N) is 1. The van der Waals surface area contributed by atoms with Crippen LogP contribution in [0.2, 0.25) is 0 Å². The molecule has 0 saturated carbocycles. The maximum Gasteiger partial charge on any atom is 0.122 e. The minimum Gasteiger partial charge on any atom is -0.496 e. The van der Waals surface area contributed by atoms with Crippen molar-refractivity contribution in [3.63, 3.8) is 0 Å². The van der Waals surface area contributed by atoms with E-state index in [2.05, 4.69) is 48.3 Å². The molecule has 0 amide bonds. The van der Waals surface area contributed by atoms with Crippen LogP contribution in [-0.2, 0) is 5.41 Å². The molecule has 2 saturated heterocycles. The van der Waals surface area contributed by atoms with Gasteiger partial charge in [0.2, 0.25) is 0 Å². The topological polar surface area (TPSA) is 24.5 Å². The van der Waals surface area contributed by atoms with E-state index in [0.717, 1.165) is 12.3 Å². The van der Waals surface area contributed by atoms with Gasteiger partial charge >= 0.3 is 0 Å². The highest BCUT2D eigenvalue weighted by Crippen LogP contribution is 2.38. The molecule has 2 fully saturated rings. The molecule has 2 heterocycles. The molecule has 1 aromatic rings. The third kappa shape index (κ3) is 3.72. The number of hydrogen-bond donors (Lipinski definition) is 1. The number of nitrogens with one attached hydrogen (secondary N) is 1. The van der Waals surface area contributed by atoms with E-state index in [1.54, 1.807) is 7.11 Å². The molecule has 2 aliphatic rings. The van der Waals surface area contributed by atoms with Gasteiger partial charge in [-0.1, -0.05) is 32.0 Å². The van der Waals surface area contributed by atoms with E-state index in [9.17, 15) is 0 Å². The fraction of sp³-hybridized carbons (Fsp3) is 0.700. The van der Waals surface area contributed by atoms with Gasteiger partial charge in [-0.2, -0.15) is 0 Å².